The van der Waals surface area contributed by atoms with Gasteiger partial charge >= 0.3 is 0 Å². The summed E-state index contributed by atoms with van der Waals surface area (Å²) >= 11 is 1.46. The Kier molecular flexibility index (Phi) is 3.58. The zero-order chi connectivity index (χ0) is 13.9. The van der Waals surface area contributed by atoms with E-state index in [4.69, 9.17) is 0 Å². The van der Waals surface area contributed by atoms with Gasteiger partial charge in [-0.05, 0) is 30.8 Å². The van der Waals surface area contributed by atoms with Crippen molar-refractivity contribution in [3.63, 3.8) is 0 Å². The smallest absolute Gasteiger partial charge is 0.171 e. The summed E-state index contributed by atoms with van der Waals surface area (Å²) in [6, 6.07) is 9.87. The van der Waals surface area contributed by atoms with E-state index in [2.05, 4.69) is 15.1 Å². The normalized spacial score (nSPS) is 10.9. The molecular weight excluding hydrogens is 272 g/mol. The quantitative estimate of drug-likeness (QED) is 0.773. The first-order valence-electron chi connectivity index (χ1n) is 6.21. The van der Waals surface area contributed by atoms with Gasteiger partial charge in [-0.2, -0.15) is 5.10 Å². The predicted molar refractivity (Wildman–Crippen MR) is 76.9 cm³/mol. The van der Waals surface area contributed by atoms with E-state index in [1.165, 1.54) is 11.8 Å². The molecular formula is C14H14N4OS. The molecule has 20 heavy (non-hydrogen) atoms. The number of para-hydroxylation sites is 1. The number of hydrogen-bond donors (Lipinski definition) is 2. The molecule has 1 aromatic carbocycles. The van der Waals surface area contributed by atoms with Gasteiger partial charge < -0.3 is 10.1 Å². The van der Waals surface area contributed by atoms with E-state index in [9.17, 15) is 5.11 Å². The second-order valence-corrected chi connectivity index (χ2v) is 5.25. The molecule has 0 atom stereocenters. The van der Waals surface area contributed by atoms with E-state index in [1.54, 1.807) is 12.4 Å². The molecule has 0 amide bonds. The minimum Gasteiger partial charge on any atom is -0.392 e. The summed E-state index contributed by atoms with van der Waals surface area (Å²) in [6.07, 6.45) is 3.48. The monoisotopic (exact) mass is 286 g/mol. The minimum absolute atomic E-state index is 0.0400. The van der Waals surface area contributed by atoms with Crippen molar-refractivity contribution in [1.29, 1.82) is 0 Å². The number of hydrogen-bond acceptors (Lipinski definition) is 4. The first kappa shape index (κ1) is 13.0. The minimum atomic E-state index is -0.0400. The summed E-state index contributed by atoms with van der Waals surface area (Å²) in [5.74, 6) is 0. The molecule has 2 aromatic heterocycles. The van der Waals surface area contributed by atoms with Crippen molar-refractivity contribution in [2.75, 3.05) is 0 Å². The number of aromatic amines is 1. The molecule has 0 aliphatic rings. The molecule has 2 heterocycles. The van der Waals surface area contributed by atoms with Gasteiger partial charge in [-0.15, -0.1) is 0 Å². The summed E-state index contributed by atoms with van der Waals surface area (Å²) in [4.78, 5) is 7.27. The van der Waals surface area contributed by atoms with Gasteiger partial charge in [0, 0.05) is 18.0 Å². The van der Waals surface area contributed by atoms with Crippen LogP contribution in [0.1, 0.15) is 11.3 Å². The van der Waals surface area contributed by atoms with Gasteiger partial charge in [0.15, 0.2) is 5.16 Å². The van der Waals surface area contributed by atoms with Crippen molar-refractivity contribution < 1.29 is 5.11 Å². The number of H-pyrrole nitrogens is 1. The van der Waals surface area contributed by atoms with Crippen LogP contribution in [0.4, 0.5) is 0 Å². The van der Waals surface area contributed by atoms with Crippen molar-refractivity contribution in [2.24, 2.45) is 0 Å². The summed E-state index contributed by atoms with van der Waals surface area (Å²) in [6.45, 7) is 1.86. The van der Waals surface area contributed by atoms with Crippen LogP contribution in [-0.2, 0) is 6.61 Å². The van der Waals surface area contributed by atoms with Crippen LogP contribution in [0.3, 0.4) is 0 Å². The lowest BCUT2D eigenvalue weighted by Gasteiger charge is -2.07. The van der Waals surface area contributed by atoms with Crippen LogP contribution in [-0.4, -0.2) is 24.9 Å². The maximum atomic E-state index is 9.59. The molecule has 0 aliphatic heterocycles. The Labute approximate surface area is 120 Å². The molecule has 3 aromatic rings. The van der Waals surface area contributed by atoms with Gasteiger partial charge in [-0.25, -0.2) is 9.67 Å². The molecule has 6 heteroatoms. The molecule has 102 valence electrons. The van der Waals surface area contributed by atoms with E-state index in [-0.39, 0.29) is 6.61 Å². The van der Waals surface area contributed by atoms with E-state index in [0.29, 0.717) is 0 Å². The van der Waals surface area contributed by atoms with Crippen LogP contribution >= 0.6 is 11.8 Å². The predicted octanol–water partition coefficient (Wildman–Crippen LogP) is 2.55. The average Bonchev–Trinajstić information content (AvgIpc) is 3.08. The van der Waals surface area contributed by atoms with Gasteiger partial charge in [0.1, 0.15) is 5.03 Å². The molecule has 0 fully saturated rings. The number of aryl methyl sites for hydroxylation is 1. The molecule has 0 saturated heterocycles. The maximum absolute atomic E-state index is 9.59. The van der Waals surface area contributed by atoms with E-state index >= 15 is 0 Å². The molecule has 0 aliphatic carbocycles. The Morgan fingerprint density at radius 1 is 1.30 bits per heavy atom. The number of aliphatic hydroxyl groups is 1. The van der Waals surface area contributed by atoms with Crippen LogP contribution in [0.15, 0.2) is 52.9 Å². The number of aromatic nitrogens is 4. The highest BCUT2D eigenvalue weighted by molar-refractivity contribution is 7.99. The summed E-state index contributed by atoms with van der Waals surface area (Å²) in [5.41, 5.74) is 2.62. The van der Waals surface area contributed by atoms with Gasteiger partial charge in [-0.1, -0.05) is 18.2 Å². The average molecular weight is 286 g/mol. The Bertz CT molecular complexity index is 692. The first-order valence-corrected chi connectivity index (χ1v) is 7.03. The molecule has 2 N–H and O–H groups in total. The van der Waals surface area contributed by atoms with Gasteiger partial charge in [0.2, 0.25) is 0 Å². The van der Waals surface area contributed by atoms with Crippen LogP contribution < -0.4 is 0 Å². The maximum Gasteiger partial charge on any atom is 0.171 e. The van der Waals surface area contributed by atoms with Gasteiger partial charge in [0.05, 0.1) is 18.0 Å². The molecule has 0 bridgehead atoms. The number of aliphatic hydroxyl groups excluding tert-OH is 1. The highest BCUT2D eigenvalue weighted by Gasteiger charge is 2.17. The highest BCUT2D eigenvalue weighted by atomic mass is 32.2. The van der Waals surface area contributed by atoms with Crippen molar-refractivity contribution in [1.82, 2.24) is 19.7 Å². The number of imidazole rings is 1. The van der Waals surface area contributed by atoms with E-state index in [0.717, 1.165) is 27.1 Å². The fourth-order valence-electron chi connectivity index (χ4n) is 1.97. The molecule has 0 spiro atoms. The van der Waals surface area contributed by atoms with Crippen molar-refractivity contribution >= 4 is 11.8 Å². The fourth-order valence-corrected chi connectivity index (χ4v) is 2.96. The van der Waals surface area contributed by atoms with Crippen LogP contribution in [0.2, 0.25) is 0 Å². The van der Waals surface area contributed by atoms with Crippen LogP contribution in [0.5, 0.6) is 0 Å². The van der Waals surface area contributed by atoms with Gasteiger partial charge in [0.25, 0.3) is 0 Å². The molecule has 5 nitrogen and oxygen atoms in total. The topological polar surface area (TPSA) is 66.7 Å². The summed E-state index contributed by atoms with van der Waals surface area (Å²) in [7, 11) is 0. The Morgan fingerprint density at radius 3 is 2.75 bits per heavy atom. The lowest BCUT2D eigenvalue weighted by Crippen LogP contribution is -1.99. The third kappa shape index (κ3) is 2.35. The SMILES string of the molecule is Cc1nn(-c2ccccc2)c(Sc2ncc[nH]2)c1CO. The third-order valence-electron chi connectivity index (χ3n) is 2.96. The Balaban J connectivity index is 2.10. The summed E-state index contributed by atoms with van der Waals surface area (Å²) in [5, 5.41) is 15.8. The van der Waals surface area contributed by atoms with E-state index < -0.39 is 0 Å². The Hall–Kier alpha value is -2.05. The molecule has 0 radical (unpaired) electrons. The van der Waals surface area contributed by atoms with E-state index in [1.807, 2.05) is 41.9 Å². The zero-order valence-corrected chi connectivity index (χ0v) is 11.8. The molecule has 0 unspecified atom stereocenters. The molecule has 0 saturated carbocycles. The van der Waals surface area contributed by atoms with Crippen LogP contribution in [0.25, 0.3) is 5.69 Å². The van der Waals surface area contributed by atoms with Crippen molar-refractivity contribution in [2.45, 2.75) is 23.7 Å². The highest BCUT2D eigenvalue weighted by Crippen LogP contribution is 2.32. The number of rotatable bonds is 4. The first-order chi connectivity index (χ1) is 9.79. The van der Waals surface area contributed by atoms with Crippen LogP contribution in [0, 0.1) is 6.92 Å². The lowest BCUT2D eigenvalue weighted by molar-refractivity contribution is 0.278. The zero-order valence-electron chi connectivity index (χ0n) is 10.9. The van der Waals surface area contributed by atoms with Gasteiger partial charge in [-0.3, -0.25) is 0 Å². The fraction of sp³-hybridized carbons (Fsp3) is 0.143. The van der Waals surface area contributed by atoms with Crippen molar-refractivity contribution in [3.8, 4) is 5.69 Å². The van der Waals surface area contributed by atoms with Crippen molar-refractivity contribution in [3.05, 3.63) is 54.0 Å². The Morgan fingerprint density at radius 2 is 2.10 bits per heavy atom. The third-order valence-corrected chi connectivity index (χ3v) is 3.99. The number of benzene rings is 1. The molecule has 3 rings (SSSR count). The second kappa shape index (κ2) is 5.52. The second-order valence-electron chi connectivity index (χ2n) is 4.27. The standard InChI is InChI=1S/C14H14N4OS/c1-10-12(9-19)13(20-14-15-7-8-16-14)18(17-10)11-5-3-2-4-6-11/h2-8,19H,9H2,1H3,(H,15,16). The number of nitrogens with zero attached hydrogens (tertiary/aromatic N) is 3. The summed E-state index contributed by atoms with van der Waals surface area (Å²) < 4.78 is 1.84. The lowest BCUT2D eigenvalue weighted by atomic mass is 10.3. The number of nitrogens with one attached hydrogen (secondary N) is 1. The largest absolute Gasteiger partial charge is 0.392 e.